The van der Waals surface area contributed by atoms with Crippen LogP contribution in [0.5, 0.6) is 0 Å². The summed E-state index contributed by atoms with van der Waals surface area (Å²) in [6.45, 7) is 4.02. The second-order valence-corrected chi connectivity index (χ2v) is 16.5. The molecule has 0 aromatic heterocycles. The van der Waals surface area contributed by atoms with Crippen LogP contribution >= 0.6 is 0 Å². The highest BCUT2D eigenvalue weighted by Gasteiger charge is 2.16. The quantitative estimate of drug-likeness (QED) is 0.0376. The van der Waals surface area contributed by atoms with E-state index in [1.54, 1.807) is 0 Å². The minimum atomic E-state index is -0.778. The molecule has 340 valence electrons. The van der Waals surface area contributed by atoms with Crippen LogP contribution in [0.4, 0.5) is 0 Å². The summed E-state index contributed by atoms with van der Waals surface area (Å²) in [6, 6.07) is 0. The molecule has 0 radical (unpaired) electrons. The molecule has 0 heterocycles. The minimum absolute atomic E-state index is 0.0713. The Bertz CT molecular complexity index is 1070. The number of hydrogen-bond acceptors (Lipinski definition) is 5. The number of carbonyl (C=O) groups excluding carboxylic acids is 2. The molecule has 1 unspecified atom stereocenters. The average molecular weight is 823 g/mol. The molecule has 0 rings (SSSR count). The van der Waals surface area contributed by atoms with Gasteiger partial charge in [0.15, 0.2) is 6.10 Å². The molecule has 0 amide bonds. The second-order valence-electron chi connectivity index (χ2n) is 16.5. The Balaban J connectivity index is 3.51. The van der Waals surface area contributed by atoms with Crippen LogP contribution in [0.1, 0.15) is 239 Å². The van der Waals surface area contributed by atoms with Crippen LogP contribution in [0.15, 0.2) is 72.9 Å². The van der Waals surface area contributed by atoms with Crippen LogP contribution in [0.3, 0.4) is 0 Å². The Kier molecular flexibility index (Phi) is 47.5. The van der Waals surface area contributed by atoms with Crippen molar-refractivity contribution in [2.45, 2.75) is 245 Å². The van der Waals surface area contributed by atoms with Crippen molar-refractivity contribution in [1.29, 1.82) is 0 Å². The number of carbonyl (C=O) groups is 2. The van der Waals surface area contributed by atoms with Gasteiger partial charge in [0.2, 0.25) is 0 Å². The van der Waals surface area contributed by atoms with Crippen molar-refractivity contribution in [1.82, 2.24) is 0 Å². The van der Waals surface area contributed by atoms with Crippen LogP contribution in [0.25, 0.3) is 0 Å². The molecule has 0 aromatic carbocycles. The molecule has 5 nitrogen and oxygen atoms in total. The summed E-state index contributed by atoms with van der Waals surface area (Å²) < 4.78 is 10.7. The Morgan fingerprint density at radius 3 is 1.10 bits per heavy atom. The molecule has 0 aliphatic rings. The predicted octanol–water partition coefficient (Wildman–Crippen LogP) is 16.5. The van der Waals surface area contributed by atoms with E-state index < -0.39 is 6.10 Å². The molecule has 1 N–H and O–H groups in total. The first-order valence-electron chi connectivity index (χ1n) is 25.0. The monoisotopic (exact) mass is 823 g/mol. The van der Waals surface area contributed by atoms with Gasteiger partial charge >= 0.3 is 11.9 Å². The van der Waals surface area contributed by atoms with E-state index in [4.69, 9.17) is 9.47 Å². The normalized spacial score (nSPS) is 12.8. The molecular weight excluding hydrogens is 729 g/mol. The van der Waals surface area contributed by atoms with Gasteiger partial charge in [0.25, 0.3) is 0 Å². The number of rotatable bonds is 45. The van der Waals surface area contributed by atoms with Crippen molar-refractivity contribution >= 4 is 11.9 Å². The number of unbranched alkanes of at least 4 members (excludes halogenated alkanes) is 25. The predicted molar refractivity (Wildman–Crippen MR) is 256 cm³/mol. The summed E-state index contributed by atoms with van der Waals surface area (Å²) >= 11 is 0. The highest BCUT2D eigenvalue weighted by molar-refractivity contribution is 5.70. The standard InChI is InChI=1S/C54H94O5/c1-3-5-7-9-11-13-15-17-19-21-23-24-25-26-27-28-29-30-31-33-35-37-39-41-43-45-47-49-54(57)59-52(50-55)51-58-53(56)48-46-44-42-40-38-36-34-32-22-20-18-16-14-12-10-8-6-4-2/h5,7,11,13-14,16-17,19-20,22-24,52,55H,3-4,6,8-10,12,15,18,21,25-51H2,1-2H3/b7-5-,13-11-,16-14-,19-17-,22-20-,24-23-. The fourth-order valence-electron chi connectivity index (χ4n) is 6.99. The fraction of sp³-hybridized carbons (Fsp3) is 0.741. The first kappa shape index (κ1) is 56.3. The highest BCUT2D eigenvalue weighted by Crippen LogP contribution is 2.15. The summed E-state index contributed by atoms with van der Waals surface area (Å²) in [5.41, 5.74) is 0. The molecule has 0 saturated heterocycles. The third-order valence-corrected chi connectivity index (χ3v) is 10.7. The highest BCUT2D eigenvalue weighted by atomic mass is 16.6. The molecule has 59 heavy (non-hydrogen) atoms. The van der Waals surface area contributed by atoms with Crippen LogP contribution in [-0.4, -0.2) is 36.4 Å². The lowest BCUT2D eigenvalue weighted by atomic mass is 10.0. The summed E-state index contributed by atoms with van der Waals surface area (Å²) in [5, 5.41) is 9.62. The summed E-state index contributed by atoms with van der Waals surface area (Å²) in [4.78, 5) is 24.4. The maximum atomic E-state index is 12.3. The van der Waals surface area contributed by atoms with Gasteiger partial charge in [0, 0.05) is 12.8 Å². The van der Waals surface area contributed by atoms with Gasteiger partial charge in [-0.15, -0.1) is 0 Å². The molecular formula is C54H94O5. The van der Waals surface area contributed by atoms with E-state index in [-0.39, 0.29) is 25.2 Å². The van der Waals surface area contributed by atoms with E-state index in [9.17, 15) is 14.7 Å². The number of hydrogen-bond donors (Lipinski definition) is 1. The van der Waals surface area contributed by atoms with Crippen molar-refractivity contribution in [2.24, 2.45) is 0 Å². The fourth-order valence-corrected chi connectivity index (χ4v) is 6.99. The zero-order valence-corrected chi connectivity index (χ0v) is 38.7. The van der Waals surface area contributed by atoms with Gasteiger partial charge in [-0.1, -0.05) is 215 Å². The van der Waals surface area contributed by atoms with E-state index in [0.717, 1.165) is 77.0 Å². The third-order valence-electron chi connectivity index (χ3n) is 10.7. The van der Waals surface area contributed by atoms with Gasteiger partial charge < -0.3 is 14.6 Å². The van der Waals surface area contributed by atoms with Crippen LogP contribution < -0.4 is 0 Å². The van der Waals surface area contributed by atoms with Crippen molar-refractivity contribution in [3.05, 3.63) is 72.9 Å². The molecule has 1 atom stereocenters. The SMILES string of the molecule is CC/C=C\C/C=C\C/C=C\C/C=C\CCCCCCCCCCCCCCCCC(=O)OC(CO)COC(=O)CCCCCCCCC/C=C\C/C=C\CCCCCC. The van der Waals surface area contributed by atoms with Crippen molar-refractivity contribution in [3.8, 4) is 0 Å². The Hall–Kier alpha value is -2.66. The van der Waals surface area contributed by atoms with E-state index in [0.29, 0.717) is 12.8 Å². The maximum Gasteiger partial charge on any atom is 0.306 e. The second kappa shape index (κ2) is 49.7. The van der Waals surface area contributed by atoms with Crippen molar-refractivity contribution < 1.29 is 24.2 Å². The number of aliphatic hydroxyl groups is 1. The molecule has 0 aliphatic heterocycles. The molecule has 0 aliphatic carbocycles. The molecule has 0 saturated carbocycles. The van der Waals surface area contributed by atoms with Crippen LogP contribution in [0, 0.1) is 0 Å². The molecule has 0 bridgehead atoms. The Morgan fingerprint density at radius 2 is 0.729 bits per heavy atom. The smallest absolute Gasteiger partial charge is 0.306 e. The topological polar surface area (TPSA) is 72.8 Å². The molecule has 0 aromatic rings. The lowest BCUT2D eigenvalue weighted by Gasteiger charge is -2.15. The van der Waals surface area contributed by atoms with Gasteiger partial charge in [0.1, 0.15) is 6.61 Å². The van der Waals surface area contributed by atoms with Gasteiger partial charge in [-0.3, -0.25) is 9.59 Å². The zero-order chi connectivity index (χ0) is 42.8. The maximum absolute atomic E-state index is 12.3. The Morgan fingerprint density at radius 1 is 0.407 bits per heavy atom. The lowest BCUT2D eigenvalue weighted by molar-refractivity contribution is -0.161. The van der Waals surface area contributed by atoms with E-state index in [2.05, 4.69) is 86.8 Å². The molecule has 5 heteroatoms. The molecule has 0 spiro atoms. The number of aliphatic hydroxyl groups excluding tert-OH is 1. The number of ether oxygens (including phenoxy) is 2. The third kappa shape index (κ3) is 47.9. The van der Waals surface area contributed by atoms with Gasteiger partial charge in [-0.25, -0.2) is 0 Å². The lowest BCUT2D eigenvalue weighted by Crippen LogP contribution is -2.28. The zero-order valence-electron chi connectivity index (χ0n) is 38.7. The first-order chi connectivity index (χ1) is 29.1. The number of esters is 2. The van der Waals surface area contributed by atoms with Crippen LogP contribution in [-0.2, 0) is 19.1 Å². The van der Waals surface area contributed by atoms with Crippen molar-refractivity contribution in [3.63, 3.8) is 0 Å². The first-order valence-corrected chi connectivity index (χ1v) is 25.0. The van der Waals surface area contributed by atoms with E-state index in [1.165, 1.54) is 135 Å². The van der Waals surface area contributed by atoms with E-state index >= 15 is 0 Å². The average Bonchev–Trinajstić information content (AvgIpc) is 3.24. The van der Waals surface area contributed by atoms with Gasteiger partial charge in [-0.05, 0) is 83.5 Å². The van der Waals surface area contributed by atoms with Crippen LogP contribution in [0.2, 0.25) is 0 Å². The summed E-state index contributed by atoms with van der Waals surface area (Å²) in [7, 11) is 0. The van der Waals surface area contributed by atoms with Gasteiger partial charge in [0.05, 0.1) is 6.61 Å². The summed E-state index contributed by atoms with van der Waals surface area (Å²) in [6.07, 6.45) is 67.0. The van der Waals surface area contributed by atoms with Crippen molar-refractivity contribution in [2.75, 3.05) is 13.2 Å². The largest absolute Gasteiger partial charge is 0.462 e. The summed E-state index contributed by atoms with van der Waals surface area (Å²) in [5.74, 6) is -0.597. The Labute approximate surface area is 365 Å². The number of allylic oxidation sites excluding steroid dienone is 12. The van der Waals surface area contributed by atoms with Gasteiger partial charge in [-0.2, -0.15) is 0 Å². The minimum Gasteiger partial charge on any atom is -0.462 e. The van der Waals surface area contributed by atoms with E-state index in [1.807, 2.05) is 0 Å². The molecule has 0 fully saturated rings.